The first-order valence-corrected chi connectivity index (χ1v) is 6.66. The number of piperidine rings is 1. The molecule has 0 aromatic heterocycles. The van der Waals surface area contributed by atoms with Gasteiger partial charge in [-0.2, -0.15) is 0 Å². The van der Waals surface area contributed by atoms with Crippen molar-refractivity contribution in [3.8, 4) is 11.5 Å². The summed E-state index contributed by atoms with van der Waals surface area (Å²) in [6.45, 7) is 7.63. The number of phenolic OH excluding ortho intramolecular Hbond substituents is 1. The van der Waals surface area contributed by atoms with E-state index in [0.29, 0.717) is 5.75 Å². The van der Waals surface area contributed by atoms with Gasteiger partial charge in [0.1, 0.15) is 11.5 Å². The van der Waals surface area contributed by atoms with Gasteiger partial charge >= 0.3 is 0 Å². The molecule has 0 amide bonds. The van der Waals surface area contributed by atoms with E-state index in [1.807, 2.05) is 6.07 Å². The molecule has 1 aliphatic rings. The maximum atomic E-state index is 9.91. The van der Waals surface area contributed by atoms with Crippen molar-refractivity contribution in [3.63, 3.8) is 0 Å². The zero-order valence-electron chi connectivity index (χ0n) is 11.5. The molecule has 3 nitrogen and oxygen atoms in total. The van der Waals surface area contributed by atoms with Gasteiger partial charge in [-0.1, -0.05) is 13.8 Å². The average molecular weight is 249 g/mol. The zero-order chi connectivity index (χ0) is 13.1. The Labute approximate surface area is 109 Å². The molecule has 0 aliphatic carbocycles. The van der Waals surface area contributed by atoms with Crippen LogP contribution in [-0.2, 0) is 6.54 Å². The molecular weight excluding hydrogens is 226 g/mol. The highest BCUT2D eigenvalue weighted by atomic mass is 16.5. The standard InChI is InChI=1S/C15H23NO2/c1-11-6-12(2)9-16(8-11)10-13-7-14(18-3)4-5-15(13)17/h4-5,7,11-12,17H,6,8-10H2,1-3H3. The van der Waals surface area contributed by atoms with Gasteiger partial charge in [-0.25, -0.2) is 0 Å². The van der Waals surface area contributed by atoms with Crippen LogP contribution in [0.3, 0.4) is 0 Å². The molecule has 2 unspecified atom stereocenters. The molecule has 0 saturated carbocycles. The maximum Gasteiger partial charge on any atom is 0.120 e. The normalized spacial score (nSPS) is 25.1. The molecule has 1 saturated heterocycles. The Kier molecular flexibility index (Phi) is 4.12. The Hall–Kier alpha value is -1.22. The molecule has 1 N–H and O–H groups in total. The van der Waals surface area contributed by atoms with Crippen LogP contribution in [0.1, 0.15) is 25.8 Å². The monoisotopic (exact) mass is 249 g/mol. The summed E-state index contributed by atoms with van der Waals surface area (Å²) in [5.41, 5.74) is 0.954. The lowest BCUT2D eigenvalue weighted by molar-refractivity contribution is 0.133. The second-order valence-corrected chi connectivity index (χ2v) is 5.63. The fraction of sp³-hybridized carbons (Fsp3) is 0.600. The summed E-state index contributed by atoms with van der Waals surface area (Å²) in [5.74, 6) is 2.64. The Morgan fingerprint density at radius 3 is 2.56 bits per heavy atom. The number of aromatic hydroxyl groups is 1. The van der Waals surface area contributed by atoms with Crippen LogP contribution in [0, 0.1) is 11.8 Å². The molecule has 1 fully saturated rings. The smallest absolute Gasteiger partial charge is 0.120 e. The molecule has 0 spiro atoms. The molecule has 0 bridgehead atoms. The first kappa shape index (κ1) is 13.2. The molecule has 1 heterocycles. The topological polar surface area (TPSA) is 32.7 Å². The largest absolute Gasteiger partial charge is 0.508 e. The van der Waals surface area contributed by atoms with E-state index >= 15 is 0 Å². The third kappa shape index (κ3) is 3.16. The maximum absolute atomic E-state index is 9.91. The molecule has 1 aromatic rings. The van der Waals surface area contributed by atoms with Crippen LogP contribution >= 0.6 is 0 Å². The quantitative estimate of drug-likeness (QED) is 0.894. The summed E-state index contributed by atoms with van der Waals surface area (Å²) in [6, 6.07) is 5.44. The number of hydrogen-bond acceptors (Lipinski definition) is 3. The van der Waals surface area contributed by atoms with Crippen LogP contribution in [0.25, 0.3) is 0 Å². The Bertz CT molecular complexity index is 395. The summed E-state index contributed by atoms with van der Waals surface area (Å²) in [5, 5.41) is 9.91. The zero-order valence-corrected chi connectivity index (χ0v) is 11.5. The van der Waals surface area contributed by atoms with Crippen LogP contribution in [-0.4, -0.2) is 30.2 Å². The van der Waals surface area contributed by atoms with Gasteiger partial charge in [0.15, 0.2) is 0 Å². The summed E-state index contributed by atoms with van der Waals surface area (Å²) in [6.07, 6.45) is 1.31. The molecule has 100 valence electrons. The summed E-state index contributed by atoms with van der Waals surface area (Å²) >= 11 is 0. The van der Waals surface area contributed by atoms with Crippen molar-refractivity contribution in [1.82, 2.24) is 4.90 Å². The predicted molar refractivity (Wildman–Crippen MR) is 72.9 cm³/mol. The van der Waals surface area contributed by atoms with Crippen molar-refractivity contribution >= 4 is 0 Å². The third-order valence-corrected chi connectivity index (χ3v) is 3.63. The van der Waals surface area contributed by atoms with Crippen LogP contribution in [0.5, 0.6) is 11.5 Å². The van der Waals surface area contributed by atoms with Crippen LogP contribution in [0.2, 0.25) is 0 Å². The van der Waals surface area contributed by atoms with Gasteiger partial charge in [0.25, 0.3) is 0 Å². The molecule has 18 heavy (non-hydrogen) atoms. The first-order valence-electron chi connectivity index (χ1n) is 6.66. The molecule has 0 radical (unpaired) electrons. The van der Waals surface area contributed by atoms with Gasteiger partial charge in [-0.05, 0) is 36.5 Å². The average Bonchev–Trinajstić information content (AvgIpc) is 2.30. The van der Waals surface area contributed by atoms with Gasteiger partial charge in [0, 0.05) is 25.2 Å². The van der Waals surface area contributed by atoms with Crippen LogP contribution in [0.15, 0.2) is 18.2 Å². The number of rotatable bonds is 3. The second-order valence-electron chi connectivity index (χ2n) is 5.63. The lowest BCUT2D eigenvalue weighted by Crippen LogP contribution is -2.38. The molecule has 2 atom stereocenters. The Morgan fingerprint density at radius 2 is 1.94 bits per heavy atom. The van der Waals surface area contributed by atoms with E-state index in [-0.39, 0.29) is 0 Å². The van der Waals surface area contributed by atoms with Gasteiger partial charge in [-0.15, -0.1) is 0 Å². The molecule has 2 rings (SSSR count). The minimum Gasteiger partial charge on any atom is -0.508 e. The van der Waals surface area contributed by atoms with Gasteiger partial charge in [0.2, 0.25) is 0 Å². The summed E-state index contributed by atoms with van der Waals surface area (Å²) < 4.78 is 5.21. The summed E-state index contributed by atoms with van der Waals surface area (Å²) in [7, 11) is 1.65. The Morgan fingerprint density at radius 1 is 1.28 bits per heavy atom. The SMILES string of the molecule is COc1ccc(O)c(CN2CC(C)CC(C)C2)c1. The first-order chi connectivity index (χ1) is 8.58. The molecule has 3 heteroatoms. The lowest BCUT2D eigenvalue weighted by atomic mass is 9.91. The van der Waals surface area contributed by atoms with Crippen molar-refractivity contribution in [2.24, 2.45) is 11.8 Å². The highest BCUT2D eigenvalue weighted by Crippen LogP contribution is 2.27. The van der Waals surface area contributed by atoms with E-state index in [1.54, 1.807) is 19.2 Å². The van der Waals surface area contributed by atoms with E-state index in [4.69, 9.17) is 4.74 Å². The minimum absolute atomic E-state index is 0.363. The van der Waals surface area contributed by atoms with Crippen molar-refractivity contribution < 1.29 is 9.84 Å². The third-order valence-electron chi connectivity index (χ3n) is 3.63. The fourth-order valence-electron chi connectivity index (χ4n) is 2.98. The van der Waals surface area contributed by atoms with E-state index in [9.17, 15) is 5.11 Å². The number of phenols is 1. The molecule has 1 aliphatic heterocycles. The number of hydrogen-bond donors (Lipinski definition) is 1. The van der Waals surface area contributed by atoms with E-state index in [0.717, 1.165) is 42.8 Å². The van der Waals surface area contributed by atoms with Crippen molar-refractivity contribution in [3.05, 3.63) is 23.8 Å². The van der Waals surface area contributed by atoms with Gasteiger partial charge in [0.05, 0.1) is 7.11 Å². The molecular formula is C15H23NO2. The number of ether oxygens (including phenoxy) is 1. The highest BCUT2D eigenvalue weighted by Gasteiger charge is 2.22. The Balaban J connectivity index is 2.08. The minimum atomic E-state index is 0.363. The van der Waals surface area contributed by atoms with Crippen LogP contribution in [0.4, 0.5) is 0 Å². The summed E-state index contributed by atoms with van der Waals surface area (Å²) in [4.78, 5) is 2.42. The number of benzene rings is 1. The van der Waals surface area contributed by atoms with Crippen molar-refractivity contribution in [1.29, 1.82) is 0 Å². The van der Waals surface area contributed by atoms with E-state index in [2.05, 4.69) is 18.7 Å². The van der Waals surface area contributed by atoms with Crippen LogP contribution < -0.4 is 4.74 Å². The lowest BCUT2D eigenvalue weighted by Gasteiger charge is -2.35. The van der Waals surface area contributed by atoms with Crippen molar-refractivity contribution in [2.45, 2.75) is 26.8 Å². The number of methoxy groups -OCH3 is 1. The van der Waals surface area contributed by atoms with E-state index < -0.39 is 0 Å². The van der Waals surface area contributed by atoms with E-state index in [1.165, 1.54) is 6.42 Å². The molecule has 1 aromatic carbocycles. The fourth-order valence-corrected chi connectivity index (χ4v) is 2.98. The number of nitrogens with zero attached hydrogens (tertiary/aromatic N) is 1. The highest BCUT2D eigenvalue weighted by molar-refractivity contribution is 5.39. The van der Waals surface area contributed by atoms with Crippen molar-refractivity contribution in [2.75, 3.05) is 20.2 Å². The van der Waals surface area contributed by atoms with Gasteiger partial charge < -0.3 is 9.84 Å². The predicted octanol–water partition coefficient (Wildman–Crippen LogP) is 2.88. The second kappa shape index (κ2) is 5.61. The number of likely N-dealkylation sites (tertiary alicyclic amines) is 1. The van der Waals surface area contributed by atoms with Gasteiger partial charge in [-0.3, -0.25) is 4.90 Å².